The molecule has 0 N–H and O–H groups in total. The zero-order valence-electron chi connectivity index (χ0n) is 10.6. The molecule has 0 aromatic carbocycles. The minimum atomic E-state index is -0.645. The van der Waals surface area contributed by atoms with Crippen LogP contribution in [0.4, 0.5) is 0 Å². The summed E-state index contributed by atoms with van der Waals surface area (Å²) in [6.07, 6.45) is 4.24. The summed E-state index contributed by atoms with van der Waals surface area (Å²) in [5.74, 6) is 0.0109. The number of methoxy groups -OCH3 is 2. The van der Waals surface area contributed by atoms with E-state index in [1.165, 1.54) is 0 Å². The summed E-state index contributed by atoms with van der Waals surface area (Å²) in [6, 6.07) is 0. The highest BCUT2D eigenvalue weighted by Gasteiger charge is 2.46. The second-order valence-electron chi connectivity index (χ2n) is 4.44. The molecule has 100 valence electrons. The van der Waals surface area contributed by atoms with Gasteiger partial charge in [0.2, 0.25) is 5.78 Å². The zero-order chi connectivity index (χ0) is 13.2. The fourth-order valence-electron chi connectivity index (χ4n) is 2.17. The van der Waals surface area contributed by atoms with Crippen molar-refractivity contribution in [2.24, 2.45) is 0 Å². The second kappa shape index (κ2) is 5.50. The first-order valence-corrected chi connectivity index (χ1v) is 6.74. The maximum atomic E-state index is 12.6. The molecule has 1 fully saturated rings. The van der Waals surface area contributed by atoms with E-state index in [1.54, 1.807) is 25.1 Å². The number of halogens is 1. The Morgan fingerprint density at radius 1 is 1.56 bits per heavy atom. The molecule has 1 heterocycles. The topological polar surface area (TPSA) is 53.4 Å². The number of ketones is 1. The van der Waals surface area contributed by atoms with Gasteiger partial charge in [0.25, 0.3) is 0 Å². The van der Waals surface area contributed by atoms with Crippen LogP contribution >= 0.6 is 15.9 Å². The molecule has 0 spiro atoms. The van der Waals surface area contributed by atoms with Gasteiger partial charge in [-0.15, -0.1) is 0 Å². The van der Waals surface area contributed by atoms with Crippen molar-refractivity contribution in [3.63, 3.8) is 0 Å². The number of hydrogen-bond donors (Lipinski definition) is 0. The van der Waals surface area contributed by atoms with Gasteiger partial charge < -0.3 is 9.47 Å². The van der Waals surface area contributed by atoms with Gasteiger partial charge in [0.1, 0.15) is 11.3 Å². The van der Waals surface area contributed by atoms with Crippen LogP contribution in [0.2, 0.25) is 0 Å². The minimum Gasteiger partial charge on any atom is -0.383 e. The minimum absolute atomic E-state index is 0.0109. The van der Waals surface area contributed by atoms with Crippen LogP contribution in [0.5, 0.6) is 0 Å². The number of carbonyl (C=O) groups excluding carboxylic acids is 1. The first-order chi connectivity index (χ1) is 8.64. The van der Waals surface area contributed by atoms with Crippen molar-refractivity contribution in [2.45, 2.75) is 31.4 Å². The summed E-state index contributed by atoms with van der Waals surface area (Å²) in [7, 11) is 3.23. The van der Waals surface area contributed by atoms with E-state index in [2.05, 4.69) is 21.0 Å². The van der Waals surface area contributed by atoms with E-state index in [1.807, 2.05) is 0 Å². The van der Waals surface area contributed by atoms with Gasteiger partial charge in [-0.05, 0) is 35.2 Å². The van der Waals surface area contributed by atoms with Crippen LogP contribution in [0.1, 0.15) is 29.8 Å². The van der Waals surface area contributed by atoms with Crippen LogP contribution in [0, 0.1) is 0 Å². The van der Waals surface area contributed by atoms with Crippen molar-refractivity contribution in [2.75, 3.05) is 20.8 Å². The Labute approximate surface area is 115 Å². The van der Waals surface area contributed by atoms with Gasteiger partial charge in [0.05, 0.1) is 23.8 Å². The quantitative estimate of drug-likeness (QED) is 0.754. The van der Waals surface area contributed by atoms with Crippen molar-refractivity contribution in [3.8, 4) is 0 Å². The molecule has 5 nitrogen and oxygen atoms in total. The third-order valence-corrected chi connectivity index (χ3v) is 4.06. The van der Waals surface area contributed by atoms with Crippen LogP contribution in [0.15, 0.2) is 10.7 Å². The number of carbonyl (C=O) groups is 1. The summed E-state index contributed by atoms with van der Waals surface area (Å²) in [4.78, 5) is 12.6. The molecule has 1 aliphatic rings. The molecule has 0 bridgehead atoms. The molecular weight excluding hydrogens is 300 g/mol. The van der Waals surface area contributed by atoms with Crippen molar-refractivity contribution in [1.29, 1.82) is 0 Å². The molecule has 6 heteroatoms. The van der Waals surface area contributed by atoms with Crippen LogP contribution in [0.25, 0.3) is 0 Å². The Morgan fingerprint density at radius 2 is 2.28 bits per heavy atom. The lowest BCUT2D eigenvalue weighted by Crippen LogP contribution is -2.48. The van der Waals surface area contributed by atoms with Crippen molar-refractivity contribution < 1.29 is 14.3 Å². The molecule has 1 aromatic rings. The molecule has 0 amide bonds. The van der Waals surface area contributed by atoms with E-state index in [9.17, 15) is 4.79 Å². The second-order valence-corrected chi connectivity index (χ2v) is 5.29. The highest BCUT2D eigenvalue weighted by Crippen LogP contribution is 2.39. The van der Waals surface area contributed by atoms with E-state index in [-0.39, 0.29) is 5.78 Å². The molecule has 0 saturated heterocycles. The lowest BCUT2D eigenvalue weighted by Gasteiger charge is -2.38. The lowest BCUT2D eigenvalue weighted by atomic mass is 9.76. The Kier molecular flexibility index (Phi) is 4.19. The Bertz CT molecular complexity index is 435. The van der Waals surface area contributed by atoms with Gasteiger partial charge in [-0.1, -0.05) is 0 Å². The van der Waals surface area contributed by atoms with Crippen LogP contribution < -0.4 is 0 Å². The van der Waals surface area contributed by atoms with E-state index < -0.39 is 5.60 Å². The number of aromatic nitrogens is 2. The summed E-state index contributed by atoms with van der Waals surface area (Å²) < 4.78 is 12.8. The molecule has 2 rings (SSSR count). The third kappa shape index (κ3) is 2.24. The van der Waals surface area contributed by atoms with E-state index in [0.717, 1.165) is 19.3 Å². The Hall–Kier alpha value is -0.720. The summed E-state index contributed by atoms with van der Waals surface area (Å²) in [5, 5.41) is 4.19. The summed E-state index contributed by atoms with van der Waals surface area (Å²) >= 11 is 3.38. The molecule has 1 aliphatic carbocycles. The fraction of sp³-hybridized carbons (Fsp3) is 0.667. The highest BCUT2D eigenvalue weighted by molar-refractivity contribution is 9.10. The van der Waals surface area contributed by atoms with Gasteiger partial charge in [-0.2, -0.15) is 5.10 Å². The number of nitrogens with zero attached hydrogens (tertiary/aromatic N) is 2. The third-order valence-electron chi connectivity index (χ3n) is 3.48. The predicted molar refractivity (Wildman–Crippen MR) is 69.7 cm³/mol. The predicted octanol–water partition coefficient (Wildman–Crippen LogP) is 2.04. The molecule has 0 radical (unpaired) electrons. The molecule has 1 aromatic heterocycles. The lowest BCUT2D eigenvalue weighted by molar-refractivity contribution is -0.0455. The number of Topliss-reactive ketones (excluding diaryl/α,β-unsaturated/α-hetero) is 1. The number of ether oxygens (including phenoxy) is 2. The van der Waals surface area contributed by atoms with Gasteiger partial charge in [0.15, 0.2) is 0 Å². The molecule has 1 saturated carbocycles. The smallest absolute Gasteiger partial charge is 0.213 e. The van der Waals surface area contributed by atoms with E-state index in [4.69, 9.17) is 9.47 Å². The average Bonchev–Trinajstić information content (AvgIpc) is 2.67. The molecule has 0 unspecified atom stereocenters. The molecular formula is C12H17BrN2O3. The zero-order valence-corrected chi connectivity index (χ0v) is 12.2. The largest absolute Gasteiger partial charge is 0.383 e. The number of hydrogen-bond acceptors (Lipinski definition) is 4. The maximum Gasteiger partial charge on any atom is 0.213 e. The number of rotatable bonds is 6. The van der Waals surface area contributed by atoms with Crippen molar-refractivity contribution in [1.82, 2.24) is 9.78 Å². The first kappa shape index (κ1) is 13.7. The van der Waals surface area contributed by atoms with Crippen LogP contribution in [0.3, 0.4) is 0 Å². The first-order valence-electron chi connectivity index (χ1n) is 5.95. The van der Waals surface area contributed by atoms with Crippen LogP contribution in [-0.4, -0.2) is 42.0 Å². The Morgan fingerprint density at radius 3 is 2.78 bits per heavy atom. The van der Waals surface area contributed by atoms with Gasteiger partial charge in [0, 0.05) is 14.2 Å². The fourth-order valence-corrected chi connectivity index (χ4v) is 2.65. The van der Waals surface area contributed by atoms with Gasteiger partial charge in [-0.25, -0.2) is 0 Å². The maximum absolute atomic E-state index is 12.6. The average molecular weight is 317 g/mol. The molecule has 0 aliphatic heterocycles. The highest BCUT2D eigenvalue weighted by atomic mass is 79.9. The molecule has 0 atom stereocenters. The normalized spacial score (nSPS) is 17.5. The SMILES string of the molecule is COCCn1ncc(Br)c1C(=O)C1(OC)CCC1. The monoisotopic (exact) mass is 316 g/mol. The van der Waals surface area contributed by atoms with E-state index >= 15 is 0 Å². The standard InChI is InChI=1S/C12H17BrN2O3/c1-17-7-6-15-10(9(13)8-14-15)11(16)12(18-2)4-3-5-12/h8H,3-7H2,1-2H3. The summed E-state index contributed by atoms with van der Waals surface area (Å²) in [6.45, 7) is 1.08. The summed E-state index contributed by atoms with van der Waals surface area (Å²) in [5.41, 5.74) is -0.0681. The Balaban J connectivity index is 2.26. The van der Waals surface area contributed by atoms with Crippen molar-refractivity contribution >= 4 is 21.7 Å². The van der Waals surface area contributed by atoms with Gasteiger partial charge >= 0.3 is 0 Å². The van der Waals surface area contributed by atoms with Gasteiger partial charge in [-0.3, -0.25) is 9.48 Å². The van der Waals surface area contributed by atoms with Crippen LogP contribution in [-0.2, 0) is 16.0 Å². The van der Waals surface area contributed by atoms with Crippen molar-refractivity contribution in [3.05, 3.63) is 16.4 Å². The molecule has 18 heavy (non-hydrogen) atoms. The van der Waals surface area contributed by atoms with E-state index in [0.29, 0.717) is 23.3 Å².